The standard InChI is InChI=1S/C17H28N2O/c1-13(12-16-10-5-6-11-17(16)20-4)18-19-14(2)8-7-9-15(19)3/h5-6,10-11,13-15,18H,7-9,12H2,1-4H3. The van der Waals surface area contributed by atoms with Gasteiger partial charge in [0, 0.05) is 18.1 Å². The van der Waals surface area contributed by atoms with Crippen LogP contribution in [0.1, 0.15) is 45.6 Å². The van der Waals surface area contributed by atoms with Crippen LogP contribution in [0.3, 0.4) is 0 Å². The predicted molar refractivity (Wildman–Crippen MR) is 83.9 cm³/mol. The van der Waals surface area contributed by atoms with E-state index in [0.717, 1.165) is 12.2 Å². The van der Waals surface area contributed by atoms with Gasteiger partial charge in [0.1, 0.15) is 5.75 Å². The van der Waals surface area contributed by atoms with Crippen LogP contribution < -0.4 is 10.2 Å². The van der Waals surface area contributed by atoms with E-state index in [2.05, 4.69) is 43.3 Å². The van der Waals surface area contributed by atoms with Gasteiger partial charge in [-0.3, -0.25) is 5.43 Å². The highest BCUT2D eigenvalue weighted by Crippen LogP contribution is 2.22. The quantitative estimate of drug-likeness (QED) is 0.892. The summed E-state index contributed by atoms with van der Waals surface area (Å²) < 4.78 is 5.44. The van der Waals surface area contributed by atoms with Crippen LogP contribution in [-0.4, -0.2) is 30.2 Å². The summed E-state index contributed by atoms with van der Waals surface area (Å²) in [6.45, 7) is 6.89. The van der Waals surface area contributed by atoms with Crippen molar-refractivity contribution in [1.82, 2.24) is 10.4 Å². The second kappa shape index (κ2) is 7.09. The van der Waals surface area contributed by atoms with Gasteiger partial charge in [-0.15, -0.1) is 0 Å². The summed E-state index contributed by atoms with van der Waals surface area (Å²) in [6.07, 6.45) is 4.92. The third-order valence-corrected chi connectivity index (χ3v) is 4.28. The first-order valence-corrected chi connectivity index (χ1v) is 7.78. The molecule has 1 saturated heterocycles. The summed E-state index contributed by atoms with van der Waals surface area (Å²) in [5.74, 6) is 0.987. The second-order valence-corrected chi connectivity index (χ2v) is 6.08. The summed E-state index contributed by atoms with van der Waals surface area (Å²) in [4.78, 5) is 0. The fourth-order valence-corrected chi connectivity index (χ4v) is 3.18. The molecule has 0 aromatic heterocycles. The van der Waals surface area contributed by atoms with E-state index in [9.17, 15) is 0 Å². The second-order valence-electron chi connectivity index (χ2n) is 6.08. The molecule has 112 valence electrons. The van der Waals surface area contributed by atoms with Crippen molar-refractivity contribution < 1.29 is 4.74 Å². The molecule has 0 radical (unpaired) electrons. The number of hydrogen-bond donors (Lipinski definition) is 1. The molecule has 2 rings (SSSR count). The molecule has 20 heavy (non-hydrogen) atoms. The van der Waals surface area contributed by atoms with Crippen LogP contribution in [0.4, 0.5) is 0 Å². The topological polar surface area (TPSA) is 24.5 Å². The van der Waals surface area contributed by atoms with Crippen molar-refractivity contribution in [2.45, 2.75) is 64.6 Å². The van der Waals surface area contributed by atoms with Crippen molar-refractivity contribution in [2.75, 3.05) is 7.11 Å². The Morgan fingerprint density at radius 1 is 1.25 bits per heavy atom. The van der Waals surface area contributed by atoms with Gasteiger partial charge >= 0.3 is 0 Å². The Balaban J connectivity index is 1.96. The fraction of sp³-hybridized carbons (Fsp3) is 0.647. The van der Waals surface area contributed by atoms with Crippen molar-refractivity contribution in [3.8, 4) is 5.75 Å². The Kier molecular flexibility index (Phi) is 5.44. The van der Waals surface area contributed by atoms with Gasteiger partial charge in [-0.1, -0.05) is 24.6 Å². The SMILES string of the molecule is COc1ccccc1CC(C)NN1C(C)CCCC1C. The normalized spacial score (nSPS) is 25.4. The molecule has 0 amide bonds. The molecule has 3 unspecified atom stereocenters. The van der Waals surface area contributed by atoms with Crippen LogP contribution in [0.5, 0.6) is 5.75 Å². The largest absolute Gasteiger partial charge is 0.496 e. The van der Waals surface area contributed by atoms with E-state index in [0.29, 0.717) is 18.1 Å². The Hall–Kier alpha value is -1.06. The molecule has 0 spiro atoms. The van der Waals surface area contributed by atoms with Gasteiger partial charge < -0.3 is 4.74 Å². The Morgan fingerprint density at radius 2 is 1.90 bits per heavy atom. The molecule has 3 nitrogen and oxygen atoms in total. The number of hydrazine groups is 1. The van der Waals surface area contributed by atoms with E-state index < -0.39 is 0 Å². The maximum Gasteiger partial charge on any atom is 0.122 e. The monoisotopic (exact) mass is 276 g/mol. The number of piperidine rings is 1. The third-order valence-electron chi connectivity index (χ3n) is 4.28. The van der Waals surface area contributed by atoms with Crippen LogP contribution in [0.2, 0.25) is 0 Å². The van der Waals surface area contributed by atoms with Crippen LogP contribution in [0, 0.1) is 0 Å². The van der Waals surface area contributed by atoms with Crippen LogP contribution in [-0.2, 0) is 6.42 Å². The first-order chi connectivity index (χ1) is 9.61. The molecule has 1 N–H and O–H groups in total. The highest BCUT2D eigenvalue weighted by molar-refractivity contribution is 5.33. The Morgan fingerprint density at radius 3 is 2.55 bits per heavy atom. The number of methoxy groups -OCH3 is 1. The van der Waals surface area contributed by atoms with Crippen molar-refractivity contribution in [1.29, 1.82) is 0 Å². The average Bonchev–Trinajstić information content (AvgIpc) is 2.44. The molecular formula is C17H28N2O. The smallest absolute Gasteiger partial charge is 0.122 e. The van der Waals surface area contributed by atoms with Crippen LogP contribution in [0.15, 0.2) is 24.3 Å². The number of rotatable bonds is 5. The van der Waals surface area contributed by atoms with Gasteiger partial charge in [0.15, 0.2) is 0 Å². The molecule has 1 heterocycles. The minimum absolute atomic E-state index is 0.411. The van der Waals surface area contributed by atoms with Gasteiger partial charge in [0.25, 0.3) is 0 Å². The first kappa shape index (κ1) is 15.3. The summed E-state index contributed by atoms with van der Waals surface area (Å²) in [6, 6.07) is 9.95. The molecule has 0 bridgehead atoms. The molecule has 0 saturated carbocycles. The summed E-state index contributed by atoms with van der Waals surface area (Å²) in [7, 11) is 1.74. The molecule has 1 aliphatic rings. The maximum absolute atomic E-state index is 5.44. The van der Waals surface area contributed by atoms with E-state index in [1.165, 1.54) is 24.8 Å². The molecule has 1 fully saturated rings. The van der Waals surface area contributed by atoms with E-state index in [1.54, 1.807) is 7.11 Å². The first-order valence-electron chi connectivity index (χ1n) is 7.78. The number of nitrogens with one attached hydrogen (secondary N) is 1. The van der Waals surface area contributed by atoms with Gasteiger partial charge in [-0.05, 0) is 51.7 Å². The summed E-state index contributed by atoms with van der Waals surface area (Å²) in [5.41, 5.74) is 4.97. The zero-order chi connectivity index (χ0) is 14.5. The van der Waals surface area contributed by atoms with Gasteiger partial charge in [0.05, 0.1) is 7.11 Å². The van der Waals surface area contributed by atoms with E-state index in [4.69, 9.17) is 4.74 Å². The number of nitrogens with zero attached hydrogens (tertiary/aromatic N) is 1. The van der Waals surface area contributed by atoms with E-state index in [-0.39, 0.29) is 0 Å². The third kappa shape index (κ3) is 3.74. The summed E-state index contributed by atoms with van der Waals surface area (Å²) in [5, 5.41) is 2.45. The molecule has 0 aliphatic carbocycles. The Bertz CT molecular complexity index is 411. The predicted octanol–water partition coefficient (Wildman–Crippen LogP) is 3.39. The number of para-hydroxylation sites is 1. The summed E-state index contributed by atoms with van der Waals surface area (Å²) >= 11 is 0. The molecule has 3 atom stereocenters. The average molecular weight is 276 g/mol. The molecule has 1 aromatic carbocycles. The van der Waals surface area contributed by atoms with E-state index >= 15 is 0 Å². The van der Waals surface area contributed by atoms with Crippen LogP contribution >= 0.6 is 0 Å². The highest BCUT2D eigenvalue weighted by Gasteiger charge is 2.25. The highest BCUT2D eigenvalue weighted by atomic mass is 16.5. The van der Waals surface area contributed by atoms with E-state index in [1.807, 2.05) is 12.1 Å². The van der Waals surface area contributed by atoms with Gasteiger partial charge in [-0.25, -0.2) is 5.01 Å². The van der Waals surface area contributed by atoms with Gasteiger partial charge in [0.2, 0.25) is 0 Å². The molecule has 1 aliphatic heterocycles. The molecule has 3 heteroatoms. The Labute approximate surface area is 123 Å². The van der Waals surface area contributed by atoms with Crippen molar-refractivity contribution >= 4 is 0 Å². The number of benzene rings is 1. The lowest BCUT2D eigenvalue weighted by molar-refractivity contribution is 0.0323. The molecule has 1 aromatic rings. The maximum atomic E-state index is 5.44. The fourth-order valence-electron chi connectivity index (χ4n) is 3.18. The lowest BCUT2D eigenvalue weighted by Gasteiger charge is -2.41. The van der Waals surface area contributed by atoms with Crippen molar-refractivity contribution in [2.24, 2.45) is 0 Å². The zero-order valence-electron chi connectivity index (χ0n) is 13.2. The van der Waals surface area contributed by atoms with Crippen molar-refractivity contribution in [3.63, 3.8) is 0 Å². The number of ether oxygens (including phenoxy) is 1. The zero-order valence-corrected chi connectivity index (χ0v) is 13.2. The van der Waals surface area contributed by atoms with Crippen molar-refractivity contribution in [3.05, 3.63) is 29.8 Å². The lowest BCUT2D eigenvalue weighted by atomic mass is 9.99. The van der Waals surface area contributed by atoms with Crippen LogP contribution in [0.25, 0.3) is 0 Å². The minimum atomic E-state index is 0.411. The van der Waals surface area contributed by atoms with Gasteiger partial charge in [-0.2, -0.15) is 0 Å². The lowest BCUT2D eigenvalue weighted by Crippen LogP contribution is -2.55. The minimum Gasteiger partial charge on any atom is -0.496 e. The molecular weight excluding hydrogens is 248 g/mol. The number of hydrogen-bond acceptors (Lipinski definition) is 3.